The highest BCUT2D eigenvalue weighted by Crippen LogP contribution is 2.50. The van der Waals surface area contributed by atoms with Gasteiger partial charge in [0.15, 0.2) is 4.93 Å². The largest absolute Gasteiger partial charge is 0.373 e. The molecule has 194 valence electrons. The van der Waals surface area contributed by atoms with Gasteiger partial charge in [-0.25, -0.2) is 0 Å². The van der Waals surface area contributed by atoms with E-state index in [1.54, 1.807) is 11.0 Å². The Morgan fingerprint density at radius 2 is 1.29 bits per heavy atom. The van der Waals surface area contributed by atoms with Gasteiger partial charge < -0.3 is 14.9 Å². The zero-order valence-corrected chi connectivity index (χ0v) is 22.4. The maximum atomic E-state index is 12.8. The molecule has 7 rings (SSSR count). The molecule has 4 aliphatic rings. The van der Waals surface area contributed by atoms with E-state index in [-0.39, 0.29) is 29.0 Å². The summed E-state index contributed by atoms with van der Waals surface area (Å²) in [6, 6.07) is 24.3. The number of nitrogens with zero attached hydrogens (tertiary/aromatic N) is 2. The average molecular weight is 545 g/mol. The van der Waals surface area contributed by atoms with Crippen molar-refractivity contribution in [3.8, 4) is 0 Å². The molecule has 0 aromatic heterocycles. The molecule has 3 aromatic rings. The number of rotatable bonds is 1. The van der Waals surface area contributed by atoms with Gasteiger partial charge in [0.1, 0.15) is 6.04 Å². The molecule has 0 saturated carbocycles. The lowest BCUT2D eigenvalue weighted by atomic mass is 9.99. The zero-order valence-electron chi connectivity index (χ0n) is 20.8. The van der Waals surface area contributed by atoms with Crippen LogP contribution in [0, 0.1) is 0 Å². The van der Waals surface area contributed by atoms with Gasteiger partial charge in [-0.3, -0.25) is 14.4 Å². The lowest BCUT2D eigenvalue weighted by molar-refractivity contribution is -0.114. The summed E-state index contributed by atoms with van der Waals surface area (Å²) in [4.78, 5) is 41.2. The van der Waals surface area contributed by atoms with E-state index in [2.05, 4.69) is 0 Å². The fourth-order valence-corrected chi connectivity index (χ4v) is 8.18. The number of aliphatic hydroxyl groups is 1. The molecule has 8 heteroatoms. The monoisotopic (exact) mass is 544 g/mol. The minimum Gasteiger partial charge on any atom is -0.373 e. The number of fused-ring (bicyclic) bond motifs is 4. The smallest absolute Gasteiger partial charge is 0.255 e. The predicted molar refractivity (Wildman–Crippen MR) is 148 cm³/mol. The highest BCUT2D eigenvalue weighted by molar-refractivity contribution is 8.13. The summed E-state index contributed by atoms with van der Waals surface area (Å²) in [5.41, 5.74) is 2.23. The fraction of sp³-hybridized carbons (Fsp3) is 0.300. The van der Waals surface area contributed by atoms with Crippen molar-refractivity contribution >= 4 is 40.5 Å². The molecular formula is C30H28N2O4S2. The Labute approximate surface area is 230 Å². The van der Waals surface area contributed by atoms with Crippen molar-refractivity contribution in [2.75, 3.05) is 13.1 Å². The van der Waals surface area contributed by atoms with Gasteiger partial charge in [-0.05, 0) is 67.3 Å². The summed E-state index contributed by atoms with van der Waals surface area (Å²) in [5, 5.41) is 11.6. The molecule has 38 heavy (non-hydrogen) atoms. The van der Waals surface area contributed by atoms with E-state index in [1.165, 1.54) is 23.5 Å². The molecule has 2 amide bonds. The molecule has 2 fully saturated rings. The second-order valence-corrected chi connectivity index (χ2v) is 12.2. The Hall–Kier alpha value is -3.07. The van der Waals surface area contributed by atoms with Gasteiger partial charge >= 0.3 is 0 Å². The third-order valence-corrected chi connectivity index (χ3v) is 10.1. The molecule has 2 saturated heterocycles. The van der Waals surface area contributed by atoms with Crippen LogP contribution in [0.15, 0.2) is 88.7 Å². The Bertz CT molecular complexity index is 1400. The topological polar surface area (TPSA) is 77.9 Å². The van der Waals surface area contributed by atoms with Gasteiger partial charge in [0.25, 0.3) is 11.8 Å². The van der Waals surface area contributed by atoms with Crippen LogP contribution < -0.4 is 0 Å². The SMILES string of the molecule is O=C1Sc2ccccc2C(=O)N2CCCC12.O=C1c2ccccc2SC(O)(c2ccccc2)C2CCCN12. The molecule has 4 aliphatic heterocycles. The lowest BCUT2D eigenvalue weighted by Crippen LogP contribution is -2.46. The van der Waals surface area contributed by atoms with E-state index in [9.17, 15) is 19.5 Å². The van der Waals surface area contributed by atoms with Crippen molar-refractivity contribution in [1.82, 2.24) is 9.80 Å². The first-order valence-electron chi connectivity index (χ1n) is 13.0. The molecule has 3 atom stereocenters. The predicted octanol–water partition coefficient (Wildman–Crippen LogP) is 5.17. The number of amides is 2. The molecule has 0 radical (unpaired) electrons. The van der Waals surface area contributed by atoms with E-state index in [0.717, 1.165) is 41.0 Å². The third kappa shape index (κ3) is 4.34. The second-order valence-electron chi connectivity index (χ2n) is 9.89. The minimum absolute atomic E-state index is 0.0106. The number of carbonyl (C=O) groups excluding carboxylic acids is 3. The van der Waals surface area contributed by atoms with Crippen LogP contribution >= 0.6 is 23.5 Å². The molecule has 0 bridgehead atoms. The summed E-state index contributed by atoms with van der Waals surface area (Å²) >= 11 is 2.62. The van der Waals surface area contributed by atoms with Crippen LogP contribution in [0.5, 0.6) is 0 Å². The van der Waals surface area contributed by atoms with Crippen LogP contribution in [0.3, 0.4) is 0 Å². The van der Waals surface area contributed by atoms with E-state index in [4.69, 9.17) is 0 Å². The standard InChI is InChI=1S/C18H17NO2S.C12H11NO2S/c20-17-14-9-4-5-10-15(14)22-18(21,13-7-2-1-3-8-13)16-11-6-12-19(16)17;14-11-8-4-1-2-6-10(8)16-12(15)9-5-3-7-13(9)11/h1-5,7-10,16,21H,6,11-12H2;1-2,4,6,9H,3,5,7H2. The van der Waals surface area contributed by atoms with Gasteiger partial charge in [-0.1, -0.05) is 66.4 Å². The van der Waals surface area contributed by atoms with Gasteiger partial charge in [0.05, 0.1) is 17.2 Å². The normalized spacial score (nSPS) is 25.9. The Morgan fingerprint density at radius 1 is 0.711 bits per heavy atom. The van der Waals surface area contributed by atoms with Crippen molar-refractivity contribution in [1.29, 1.82) is 0 Å². The van der Waals surface area contributed by atoms with Gasteiger partial charge in [0.2, 0.25) is 5.12 Å². The average Bonchev–Trinajstić information content (AvgIpc) is 3.61. The number of benzene rings is 3. The van der Waals surface area contributed by atoms with E-state index < -0.39 is 4.93 Å². The highest BCUT2D eigenvalue weighted by Gasteiger charge is 2.49. The Morgan fingerprint density at radius 3 is 2.05 bits per heavy atom. The van der Waals surface area contributed by atoms with E-state index in [1.807, 2.05) is 77.7 Å². The molecule has 0 aliphatic carbocycles. The maximum Gasteiger partial charge on any atom is 0.255 e. The van der Waals surface area contributed by atoms with Crippen molar-refractivity contribution in [2.24, 2.45) is 0 Å². The molecule has 3 aromatic carbocycles. The molecule has 6 nitrogen and oxygen atoms in total. The Balaban J connectivity index is 0.000000146. The zero-order chi connectivity index (χ0) is 26.3. The van der Waals surface area contributed by atoms with Crippen LogP contribution in [0.4, 0.5) is 0 Å². The van der Waals surface area contributed by atoms with Crippen LogP contribution in [0.25, 0.3) is 0 Å². The minimum atomic E-state index is -1.10. The summed E-state index contributed by atoms with van der Waals surface area (Å²) in [5.74, 6) is 0.0499. The van der Waals surface area contributed by atoms with Crippen molar-refractivity contribution < 1.29 is 19.5 Å². The first kappa shape index (κ1) is 25.2. The van der Waals surface area contributed by atoms with Crippen LogP contribution in [0.1, 0.15) is 52.0 Å². The maximum absolute atomic E-state index is 12.8. The second kappa shape index (κ2) is 10.2. The van der Waals surface area contributed by atoms with E-state index in [0.29, 0.717) is 24.2 Å². The highest BCUT2D eigenvalue weighted by atomic mass is 32.2. The number of carbonyl (C=O) groups is 3. The molecular weight excluding hydrogens is 516 g/mol. The molecule has 4 heterocycles. The van der Waals surface area contributed by atoms with Gasteiger partial charge in [-0.2, -0.15) is 0 Å². The van der Waals surface area contributed by atoms with Gasteiger partial charge in [-0.15, -0.1) is 0 Å². The number of hydrogen-bond donors (Lipinski definition) is 1. The molecule has 3 unspecified atom stereocenters. The van der Waals surface area contributed by atoms with Crippen LogP contribution in [0.2, 0.25) is 0 Å². The third-order valence-electron chi connectivity index (χ3n) is 7.65. The summed E-state index contributed by atoms with van der Waals surface area (Å²) in [6.07, 6.45) is 3.52. The first-order valence-corrected chi connectivity index (χ1v) is 14.6. The van der Waals surface area contributed by atoms with Crippen molar-refractivity contribution in [2.45, 2.75) is 52.5 Å². The number of thioether (sulfide) groups is 2. The molecule has 1 N–H and O–H groups in total. The van der Waals surface area contributed by atoms with Crippen LogP contribution in [-0.2, 0) is 9.73 Å². The van der Waals surface area contributed by atoms with Crippen LogP contribution in [-0.4, -0.2) is 57.0 Å². The number of hydrogen-bond acceptors (Lipinski definition) is 6. The molecule has 0 spiro atoms. The van der Waals surface area contributed by atoms with Crippen molar-refractivity contribution in [3.63, 3.8) is 0 Å². The summed E-state index contributed by atoms with van der Waals surface area (Å²) in [7, 11) is 0. The van der Waals surface area contributed by atoms with E-state index >= 15 is 0 Å². The summed E-state index contributed by atoms with van der Waals surface area (Å²) in [6.45, 7) is 1.43. The first-order chi connectivity index (χ1) is 18.5. The van der Waals surface area contributed by atoms with Crippen molar-refractivity contribution in [3.05, 3.63) is 95.6 Å². The Kier molecular flexibility index (Phi) is 6.80. The van der Waals surface area contributed by atoms with Gasteiger partial charge in [0, 0.05) is 22.9 Å². The summed E-state index contributed by atoms with van der Waals surface area (Å²) < 4.78 is 0. The lowest BCUT2D eigenvalue weighted by Gasteiger charge is -2.36. The quantitative estimate of drug-likeness (QED) is 0.456. The fourth-order valence-electron chi connectivity index (χ4n) is 5.79.